The minimum absolute atomic E-state index is 0.0409. The summed E-state index contributed by atoms with van der Waals surface area (Å²) >= 11 is 0. The molecule has 112 valence electrons. The third kappa shape index (κ3) is 3.02. The van der Waals surface area contributed by atoms with Crippen molar-refractivity contribution in [3.63, 3.8) is 0 Å². The fourth-order valence-corrected chi connectivity index (χ4v) is 3.12. The zero-order valence-corrected chi connectivity index (χ0v) is 11.5. The number of piperidine rings is 1. The number of carboxylic acid groups (broad SMARTS) is 1. The Balaban J connectivity index is 2.08. The first-order valence-electron chi connectivity index (χ1n) is 7.09. The number of carboxylic acids is 1. The maximum atomic E-state index is 12.6. The van der Waals surface area contributed by atoms with E-state index in [2.05, 4.69) is 0 Å². The van der Waals surface area contributed by atoms with Gasteiger partial charge in [0, 0.05) is 19.1 Å². The van der Waals surface area contributed by atoms with Crippen LogP contribution in [0.25, 0.3) is 0 Å². The van der Waals surface area contributed by atoms with E-state index in [9.17, 15) is 14.4 Å². The molecule has 0 aliphatic carbocycles. The molecule has 2 aliphatic rings. The van der Waals surface area contributed by atoms with E-state index in [1.807, 2.05) is 0 Å². The Morgan fingerprint density at radius 1 is 1.05 bits per heavy atom. The summed E-state index contributed by atoms with van der Waals surface area (Å²) in [7, 11) is 0. The highest BCUT2D eigenvalue weighted by atomic mass is 16.4. The Labute approximate surface area is 117 Å². The summed E-state index contributed by atoms with van der Waals surface area (Å²) in [6, 6.07) is -1.06. The number of hydrogen-bond acceptors (Lipinski definition) is 3. The van der Waals surface area contributed by atoms with Gasteiger partial charge in [-0.3, -0.25) is 9.59 Å². The smallest absolute Gasteiger partial charge is 0.320 e. The van der Waals surface area contributed by atoms with Crippen LogP contribution in [-0.2, 0) is 9.59 Å². The van der Waals surface area contributed by atoms with E-state index in [0.717, 1.165) is 19.3 Å². The van der Waals surface area contributed by atoms with Crippen LogP contribution in [0.3, 0.4) is 0 Å². The van der Waals surface area contributed by atoms with Crippen molar-refractivity contribution in [3.8, 4) is 0 Å². The Hall–Kier alpha value is -1.79. The number of rotatable bonds is 3. The fraction of sp³-hybridized carbons (Fsp3) is 0.769. The number of carbonyl (C=O) groups is 3. The van der Waals surface area contributed by atoms with Gasteiger partial charge in [0.25, 0.3) is 0 Å². The summed E-state index contributed by atoms with van der Waals surface area (Å²) in [5.74, 6) is -1.38. The second kappa shape index (κ2) is 6.11. The summed E-state index contributed by atoms with van der Waals surface area (Å²) in [6.07, 6.45) is 3.80. The maximum absolute atomic E-state index is 12.6. The normalized spacial score (nSPS) is 26.6. The Kier molecular flexibility index (Phi) is 4.46. The molecule has 7 heteroatoms. The molecule has 0 aromatic carbocycles. The summed E-state index contributed by atoms with van der Waals surface area (Å²) < 4.78 is 0. The standard InChI is InChI=1S/C13H21N3O4/c14-12(19)10-5-1-2-6-16(10)13(20)15-7-3-4-9(15)8-11(17)18/h9-10H,1-8H2,(H2,14,19)(H,17,18). The Bertz CT molecular complexity index is 412. The topological polar surface area (TPSA) is 104 Å². The first kappa shape index (κ1) is 14.6. The molecule has 0 aromatic rings. The number of amides is 3. The summed E-state index contributed by atoms with van der Waals surface area (Å²) in [4.78, 5) is 38.0. The van der Waals surface area contributed by atoms with Gasteiger partial charge in [-0.1, -0.05) is 0 Å². The lowest BCUT2D eigenvalue weighted by atomic mass is 10.0. The third-order valence-corrected chi connectivity index (χ3v) is 4.11. The predicted molar refractivity (Wildman–Crippen MR) is 70.9 cm³/mol. The zero-order chi connectivity index (χ0) is 14.7. The molecule has 7 nitrogen and oxygen atoms in total. The molecule has 0 bridgehead atoms. The number of aliphatic carboxylic acids is 1. The quantitative estimate of drug-likeness (QED) is 0.781. The van der Waals surface area contributed by atoms with Crippen molar-refractivity contribution in [2.24, 2.45) is 5.73 Å². The molecule has 2 atom stereocenters. The molecule has 0 aromatic heterocycles. The van der Waals surface area contributed by atoms with Crippen molar-refractivity contribution >= 4 is 17.9 Å². The van der Waals surface area contributed by atoms with Gasteiger partial charge in [-0.05, 0) is 32.1 Å². The van der Waals surface area contributed by atoms with Crippen LogP contribution >= 0.6 is 0 Å². The van der Waals surface area contributed by atoms with Gasteiger partial charge in [-0.15, -0.1) is 0 Å². The lowest BCUT2D eigenvalue weighted by Crippen LogP contribution is -2.55. The summed E-state index contributed by atoms with van der Waals surface area (Å²) in [6.45, 7) is 1.07. The SMILES string of the molecule is NC(=O)C1CCCCN1C(=O)N1CCCC1CC(=O)O. The highest BCUT2D eigenvalue weighted by Gasteiger charge is 2.38. The average molecular weight is 283 g/mol. The lowest BCUT2D eigenvalue weighted by molar-refractivity contribution is -0.138. The molecule has 20 heavy (non-hydrogen) atoms. The van der Waals surface area contributed by atoms with Crippen LogP contribution in [0.4, 0.5) is 4.79 Å². The van der Waals surface area contributed by atoms with Crippen LogP contribution in [0.1, 0.15) is 38.5 Å². The third-order valence-electron chi connectivity index (χ3n) is 4.11. The molecule has 2 aliphatic heterocycles. The number of likely N-dealkylation sites (tertiary alicyclic amines) is 2. The van der Waals surface area contributed by atoms with E-state index < -0.39 is 17.9 Å². The Morgan fingerprint density at radius 3 is 2.40 bits per heavy atom. The second-order valence-corrected chi connectivity index (χ2v) is 5.48. The second-order valence-electron chi connectivity index (χ2n) is 5.48. The van der Waals surface area contributed by atoms with Crippen molar-refractivity contribution in [3.05, 3.63) is 0 Å². The van der Waals surface area contributed by atoms with Gasteiger partial charge in [-0.25, -0.2) is 4.79 Å². The number of hydrogen-bond donors (Lipinski definition) is 2. The minimum Gasteiger partial charge on any atom is -0.481 e. The van der Waals surface area contributed by atoms with E-state index in [1.54, 1.807) is 4.90 Å². The van der Waals surface area contributed by atoms with E-state index in [-0.39, 0.29) is 18.5 Å². The zero-order valence-electron chi connectivity index (χ0n) is 11.5. The molecule has 3 N–H and O–H groups in total. The molecule has 3 amide bonds. The number of nitrogens with zero attached hydrogens (tertiary/aromatic N) is 2. The predicted octanol–water partition coefficient (Wildman–Crippen LogP) is 0.385. The molecule has 2 heterocycles. The molecular formula is C13H21N3O4. The highest BCUT2D eigenvalue weighted by Crippen LogP contribution is 2.25. The number of urea groups is 1. The van der Waals surface area contributed by atoms with Crippen molar-refractivity contribution in [2.45, 2.75) is 50.6 Å². The van der Waals surface area contributed by atoms with Gasteiger partial charge in [0.15, 0.2) is 0 Å². The maximum Gasteiger partial charge on any atom is 0.320 e. The van der Waals surface area contributed by atoms with Crippen LogP contribution in [0, 0.1) is 0 Å². The first-order chi connectivity index (χ1) is 9.50. The number of nitrogens with two attached hydrogens (primary N) is 1. The van der Waals surface area contributed by atoms with E-state index >= 15 is 0 Å². The van der Waals surface area contributed by atoms with Gasteiger partial charge >= 0.3 is 12.0 Å². The number of carbonyl (C=O) groups excluding carboxylic acids is 2. The van der Waals surface area contributed by atoms with Gasteiger partial charge in [0.1, 0.15) is 6.04 Å². The van der Waals surface area contributed by atoms with Crippen LogP contribution in [0.5, 0.6) is 0 Å². The van der Waals surface area contributed by atoms with Gasteiger partial charge < -0.3 is 20.6 Å². The van der Waals surface area contributed by atoms with Crippen molar-refractivity contribution in [1.29, 1.82) is 0 Å². The molecule has 2 rings (SSSR count). The molecule has 0 saturated carbocycles. The van der Waals surface area contributed by atoms with Crippen molar-refractivity contribution < 1.29 is 19.5 Å². The average Bonchev–Trinajstić information content (AvgIpc) is 2.85. The minimum atomic E-state index is -0.903. The van der Waals surface area contributed by atoms with Crippen LogP contribution in [0.15, 0.2) is 0 Å². The van der Waals surface area contributed by atoms with Crippen molar-refractivity contribution in [1.82, 2.24) is 9.80 Å². The highest BCUT2D eigenvalue weighted by molar-refractivity contribution is 5.86. The Morgan fingerprint density at radius 2 is 1.75 bits per heavy atom. The van der Waals surface area contributed by atoms with Crippen LogP contribution in [-0.4, -0.2) is 58.0 Å². The molecule has 2 fully saturated rings. The summed E-state index contributed by atoms with van der Waals surface area (Å²) in [5, 5.41) is 8.90. The van der Waals surface area contributed by atoms with Crippen molar-refractivity contribution in [2.75, 3.05) is 13.1 Å². The van der Waals surface area contributed by atoms with E-state index in [1.165, 1.54) is 4.90 Å². The van der Waals surface area contributed by atoms with Crippen LogP contribution < -0.4 is 5.73 Å². The van der Waals surface area contributed by atoms with E-state index in [0.29, 0.717) is 25.9 Å². The largest absolute Gasteiger partial charge is 0.481 e. The molecule has 0 radical (unpaired) electrons. The number of primary amides is 1. The fourth-order valence-electron chi connectivity index (χ4n) is 3.12. The molecule has 2 unspecified atom stereocenters. The van der Waals surface area contributed by atoms with Gasteiger partial charge in [0.05, 0.1) is 6.42 Å². The monoisotopic (exact) mass is 283 g/mol. The van der Waals surface area contributed by atoms with Gasteiger partial charge in [0.2, 0.25) is 5.91 Å². The van der Waals surface area contributed by atoms with Gasteiger partial charge in [-0.2, -0.15) is 0 Å². The van der Waals surface area contributed by atoms with Crippen LogP contribution in [0.2, 0.25) is 0 Å². The molecule has 2 saturated heterocycles. The molecular weight excluding hydrogens is 262 g/mol. The summed E-state index contributed by atoms with van der Waals surface area (Å²) in [5.41, 5.74) is 5.36. The lowest BCUT2D eigenvalue weighted by Gasteiger charge is -2.37. The first-order valence-corrected chi connectivity index (χ1v) is 7.09. The molecule has 0 spiro atoms. The van der Waals surface area contributed by atoms with E-state index in [4.69, 9.17) is 10.8 Å².